The van der Waals surface area contributed by atoms with Crippen molar-refractivity contribution < 1.29 is 0 Å². The molecule has 1 saturated heterocycles. The Bertz CT molecular complexity index is 151. The van der Waals surface area contributed by atoms with Crippen molar-refractivity contribution in [2.45, 2.75) is 58.9 Å². The van der Waals surface area contributed by atoms with E-state index >= 15 is 0 Å². The molecule has 1 atom stereocenters. The lowest BCUT2D eigenvalue weighted by Crippen LogP contribution is -2.41. The van der Waals surface area contributed by atoms with Gasteiger partial charge in [0.05, 0.1) is 0 Å². The predicted octanol–water partition coefficient (Wildman–Crippen LogP) is 2.95. The molecule has 1 rings (SSSR count). The van der Waals surface area contributed by atoms with Crippen molar-refractivity contribution in [1.82, 2.24) is 5.32 Å². The SMILES string of the molecule is CCC1(C)CCCNC(C)(C)C1. The zero-order valence-corrected chi connectivity index (χ0v) is 9.04. The van der Waals surface area contributed by atoms with Gasteiger partial charge < -0.3 is 5.32 Å². The Labute approximate surface area is 76.9 Å². The smallest absolute Gasteiger partial charge is 0.0130 e. The number of hydrogen-bond donors (Lipinski definition) is 1. The molecule has 1 aliphatic heterocycles. The average Bonchev–Trinajstić information content (AvgIpc) is 2.09. The first-order valence-corrected chi connectivity index (χ1v) is 5.22. The van der Waals surface area contributed by atoms with Crippen molar-refractivity contribution in [2.24, 2.45) is 5.41 Å². The molecule has 0 aliphatic carbocycles. The predicted molar refractivity (Wildman–Crippen MR) is 54.3 cm³/mol. The quantitative estimate of drug-likeness (QED) is 0.636. The van der Waals surface area contributed by atoms with Crippen LogP contribution in [0.4, 0.5) is 0 Å². The molecule has 1 aliphatic rings. The van der Waals surface area contributed by atoms with Gasteiger partial charge in [-0.05, 0) is 45.1 Å². The normalized spacial score (nSPS) is 36.0. The first-order valence-electron chi connectivity index (χ1n) is 5.22. The molecule has 1 heterocycles. The van der Waals surface area contributed by atoms with Crippen LogP contribution in [0.5, 0.6) is 0 Å². The van der Waals surface area contributed by atoms with E-state index in [-0.39, 0.29) is 0 Å². The lowest BCUT2D eigenvalue weighted by atomic mass is 9.75. The van der Waals surface area contributed by atoms with Gasteiger partial charge in [0.2, 0.25) is 0 Å². The monoisotopic (exact) mass is 169 g/mol. The summed E-state index contributed by atoms with van der Waals surface area (Å²) in [5, 5.41) is 3.61. The molecule has 1 unspecified atom stereocenters. The third kappa shape index (κ3) is 2.48. The zero-order valence-electron chi connectivity index (χ0n) is 9.04. The molecule has 1 nitrogen and oxygen atoms in total. The van der Waals surface area contributed by atoms with E-state index in [1.807, 2.05) is 0 Å². The minimum Gasteiger partial charge on any atom is -0.312 e. The van der Waals surface area contributed by atoms with E-state index in [4.69, 9.17) is 0 Å². The van der Waals surface area contributed by atoms with Gasteiger partial charge in [0.1, 0.15) is 0 Å². The van der Waals surface area contributed by atoms with Gasteiger partial charge in [-0.3, -0.25) is 0 Å². The molecule has 1 fully saturated rings. The summed E-state index contributed by atoms with van der Waals surface area (Å²) in [4.78, 5) is 0. The topological polar surface area (TPSA) is 12.0 Å². The Balaban J connectivity index is 2.66. The van der Waals surface area contributed by atoms with Gasteiger partial charge in [0.15, 0.2) is 0 Å². The van der Waals surface area contributed by atoms with E-state index in [2.05, 4.69) is 33.0 Å². The minimum atomic E-state index is 0.348. The van der Waals surface area contributed by atoms with Crippen molar-refractivity contribution in [2.75, 3.05) is 6.54 Å². The van der Waals surface area contributed by atoms with Crippen molar-refractivity contribution >= 4 is 0 Å². The molecule has 1 heteroatoms. The Morgan fingerprint density at radius 3 is 2.50 bits per heavy atom. The van der Waals surface area contributed by atoms with Crippen molar-refractivity contribution in [3.63, 3.8) is 0 Å². The summed E-state index contributed by atoms with van der Waals surface area (Å²) in [5.41, 5.74) is 0.925. The maximum atomic E-state index is 3.61. The van der Waals surface area contributed by atoms with Crippen molar-refractivity contribution in [3.8, 4) is 0 Å². The molecule has 0 bridgehead atoms. The van der Waals surface area contributed by atoms with E-state index in [1.165, 1.54) is 32.2 Å². The first-order chi connectivity index (χ1) is 5.47. The zero-order chi connectivity index (χ0) is 9.24. The fourth-order valence-electron chi connectivity index (χ4n) is 2.46. The molecular formula is C11H23N. The maximum Gasteiger partial charge on any atom is 0.0130 e. The Morgan fingerprint density at radius 2 is 1.92 bits per heavy atom. The van der Waals surface area contributed by atoms with Gasteiger partial charge in [0.25, 0.3) is 0 Å². The molecule has 0 saturated carbocycles. The van der Waals surface area contributed by atoms with Crippen LogP contribution in [0.15, 0.2) is 0 Å². The second-order valence-corrected chi connectivity index (χ2v) is 5.26. The molecular weight excluding hydrogens is 146 g/mol. The summed E-state index contributed by atoms with van der Waals surface area (Å²) < 4.78 is 0. The largest absolute Gasteiger partial charge is 0.312 e. The highest BCUT2D eigenvalue weighted by Gasteiger charge is 2.32. The van der Waals surface area contributed by atoms with E-state index in [1.54, 1.807) is 0 Å². The molecule has 0 radical (unpaired) electrons. The second-order valence-electron chi connectivity index (χ2n) is 5.26. The highest BCUT2D eigenvalue weighted by Crippen LogP contribution is 2.37. The third-order valence-corrected chi connectivity index (χ3v) is 3.28. The van der Waals surface area contributed by atoms with Crippen molar-refractivity contribution in [3.05, 3.63) is 0 Å². The van der Waals surface area contributed by atoms with Crippen LogP contribution in [0.1, 0.15) is 53.4 Å². The summed E-state index contributed by atoms with van der Waals surface area (Å²) in [6.45, 7) is 10.6. The Kier molecular flexibility index (Phi) is 2.82. The van der Waals surface area contributed by atoms with E-state index in [9.17, 15) is 0 Å². The van der Waals surface area contributed by atoms with E-state index < -0.39 is 0 Å². The lowest BCUT2D eigenvalue weighted by molar-refractivity contribution is 0.211. The molecule has 0 spiro atoms. The van der Waals surface area contributed by atoms with Gasteiger partial charge in [-0.25, -0.2) is 0 Å². The molecule has 0 aromatic heterocycles. The fraction of sp³-hybridized carbons (Fsp3) is 1.00. The van der Waals surface area contributed by atoms with Crippen molar-refractivity contribution in [1.29, 1.82) is 0 Å². The molecule has 72 valence electrons. The summed E-state index contributed by atoms with van der Waals surface area (Å²) in [6.07, 6.45) is 5.36. The first kappa shape index (κ1) is 10.0. The van der Waals surface area contributed by atoms with Gasteiger partial charge in [-0.15, -0.1) is 0 Å². The maximum absolute atomic E-state index is 3.61. The number of nitrogens with one attached hydrogen (secondary N) is 1. The fourth-order valence-corrected chi connectivity index (χ4v) is 2.46. The van der Waals surface area contributed by atoms with Gasteiger partial charge in [-0.2, -0.15) is 0 Å². The molecule has 0 aromatic carbocycles. The van der Waals surface area contributed by atoms with Gasteiger partial charge in [-0.1, -0.05) is 20.3 Å². The Hall–Kier alpha value is -0.0400. The lowest BCUT2D eigenvalue weighted by Gasteiger charge is -2.34. The third-order valence-electron chi connectivity index (χ3n) is 3.28. The standard InChI is InChI=1S/C11H23N/c1-5-11(4)7-6-8-12-10(2,3)9-11/h12H,5-9H2,1-4H3. The van der Waals surface area contributed by atoms with E-state index in [0.29, 0.717) is 11.0 Å². The average molecular weight is 169 g/mol. The van der Waals surface area contributed by atoms with E-state index in [0.717, 1.165) is 0 Å². The highest BCUT2D eigenvalue weighted by atomic mass is 15.0. The molecule has 12 heavy (non-hydrogen) atoms. The summed E-state index contributed by atoms with van der Waals surface area (Å²) in [5.74, 6) is 0. The minimum absolute atomic E-state index is 0.348. The van der Waals surface area contributed by atoms with Crippen LogP contribution in [0.25, 0.3) is 0 Å². The highest BCUT2D eigenvalue weighted by molar-refractivity contribution is 4.89. The summed E-state index contributed by atoms with van der Waals surface area (Å²) in [6, 6.07) is 0. The van der Waals surface area contributed by atoms with Crippen LogP contribution < -0.4 is 5.32 Å². The van der Waals surface area contributed by atoms with Crippen LogP contribution in [0, 0.1) is 5.41 Å². The summed E-state index contributed by atoms with van der Waals surface area (Å²) >= 11 is 0. The Morgan fingerprint density at radius 1 is 1.25 bits per heavy atom. The van der Waals surface area contributed by atoms with Crippen LogP contribution in [0.3, 0.4) is 0 Å². The number of hydrogen-bond acceptors (Lipinski definition) is 1. The van der Waals surface area contributed by atoms with Crippen LogP contribution in [-0.2, 0) is 0 Å². The molecule has 0 amide bonds. The van der Waals surface area contributed by atoms with Gasteiger partial charge in [0, 0.05) is 5.54 Å². The van der Waals surface area contributed by atoms with Crippen LogP contribution >= 0.6 is 0 Å². The summed E-state index contributed by atoms with van der Waals surface area (Å²) in [7, 11) is 0. The number of rotatable bonds is 1. The van der Waals surface area contributed by atoms with Crippen LogP contribution in [-0.4, -0.2) is 12.1 Å². The molecule has 0 aromatic rings. The second kappa shape index (κ2) is 3.37. The molecule has 1 N–H and O–H groups in total. The van der Waals surface area contributed by atoms with Crippen LogP contribution in [0.2, 0.25) is 0 Å². The van der Waals surface area contributed by atoms with Gasteiger partial charge >= 0.3 is 0 Å².